The number of Topliss-reactive ketones (excluding diaryl/α,β-unsaturated/α-hetero) is 2. The van der Waals surface area contributed by atoms with Crippen LogP contribution in [0.4, 0.5) is 4.39 Å². The number of hydrogen-bond acceptors (Lipinski definition) is 8. The predicted octanol–water partition coefficient (Wildman–Crippen LogP) is 3.84. The van der Waals surface area contributed by atoms with E-state index in [9.17, 15) is 28.4 Å². The second-order valence-electron chi connectivity index (χ2n) is 14.9. The molecule has 2 heterocycles. The molecule has 4 aliphatic rings. The molecule has 4 atom stereocenters. The van der Waals surface area contributed by atoms with Crippen molar-refractivity contribution in [2.24, 2.45) is 16.5 Å². The van der Waals surface area contributed by atoms with Crippen molar-refractivity contribution in [3.63, 3.8) is 0 Å². The van der Waals surface area contributed by atoms with Gasteiger partial charge in [0.25, 0.3) is 0 Å². The monoisotopic (exact) mass is 687 g/mol. The molecule has 262 valence electrons. The Labute approximate surface area is 286 Å². The molecule has 1 aromatic rings. The zero-order valence-corrected chi connectivity index (χ0v) is 29.2. The van der Waals surface area contributed by atoms with Crippen LogP contribution in [0.15, 0.2) is 23.4 Å². The van der Waals surface area contributed by atoms with E-state index < -0.39 is 63.9 Å². The first-order valence-electron chi connectivity index (χ1n) is 17.0. The minimum atomic E-state index is -1.50. The van der Waals surface area contributed by atoms with Crippen LogP contribution in [0, 0.1) is 17.2 Å². The maximum absolute atomic E-state index is 14.5. The highest BCUT2D eigenvalue weighted by molar-refractivity contribution is 6.67. The van der Waals surface area contributed by atoms with Gasteiger partial charge in [-0.05, 0) is 49.8 Å². The number of carbonyl (C=O) groups is 5. The molecule has 1 saturated heterocycles. The number of halogens is 2. The quantitative estimate of drug-likeness (QED) is 0.193. The molecule has 3 N–H and O–H groups in total. The highest BCUT2D eigenvalue weighted by atomic mass is 35.5. The molecule has 1 spiro atoms. The van der Waals surface area contributed by atoms with E-state index >= 15 is 0 Å². The van der Waals surface area contributed by atoms with E-state index in [-0.39, 0.29) is 42.7 Å². The lowest BCUT2D eigenvalue weighted by Gasteiger charge is -2.36. The molecule has 0 aromatic heterocycles. The van der Waals surface area contributed by atoms with Crippen molar-refractivity contribution in [2.45, 2.75) is 121 Å². The van der Waals surface area contributed by atoms with Crippen LogP contribution < -0.4 is 16.0 Å². The first kappa shape index (κ1) is 35.9. The van der Waals surface area contributed by atoms with Crippen LogP contribution in [0.1, 0.15) is 97.5 Å². The number of likely N-dealkylation sites (N-methyl/N-ethyl adjacent to an activating group) is 1. The van der Waals surface area contributed by atoms with E-state index in [0.29, 0.717) is 17.7 Å². The zero-order valence-electron chi connectivity index (χ0n) is 28.4. The van der Waals surface area contributed by atoms with Crippen LogP contribution in [-0.2, 0) is 28.8 Å². The number of nitrogens with one attached hydrogen (secondary N) is 3. The largest absolute Gasteiger partial charge is 0.387 e. The van der Waals surface area contributed by atoms with E-state index in [1.165, 1.54) is 43.0 Å². The van der Waals surface area contributed by atoms with Crippen molar-refractivity contribution in [1.82, 2.24) is 20.9 Å². The maximum Gasteiger partial charge on any atom is 0.246 e. The molecular weight excluding hydrogens is 641 g/mol. The van der Waals surface area contributed by atoms with Crippen LogP contribution in [0.25, 0.3) is 0 Å². The van der Waals surface area contributed by atoms with Gasteiger partial charge >= 0.3 is 0 Å². The number of nitrogens with zero attached hydrogens (tertiary/aromatic N) is 2. The highest BCUT2D eigenvalue weighted by Gasteiger charge is 2.69. The van der Waals surface area contributed by atoms with Crippen LogP contribution in [0.3, 0.4) is 0 Å². The Balaban J connectivity index is 1.40. The summed E-state index contributed by atoms with van der Waals surface area (Å²) in [5.74, 6) is -2.71. The molecule has 3 amide bonds. The Morgan fingerprint density at radius 3 is 2.33 bits per heavy atom. The van der Waals surface area contributed by atoms with Gasteiger partial charge in [0.2, 0.25) is 29.3 Å². The van der Waals surface area contributed by atoms with Gasteiger partial charge in [-0.2, -0.15) is 0 Å². The van der Waals surface area contributed by atoms with Gasteiger partial charge in [-0.1, -0.05) is 76.2 Å². The molecule has 2 saturated carbocycles. The van der Waals surface area contributed by atoms with Crippen molar-refractivity contribution in [3.05, 3.63) is 34.6 Å². The van der Waals surface area contributed by atoms with E-state index in [0.717, 1.165) is 25.7 Å². The Morgan fingerprint density at radius 1 is 1.10 bits per heavy atom. The summed E-state index contributed by atoms with van der Waals surface area (Å²) in [4.78, 5) is 74.3. The Hall–Kier alpha value is -3.38. The normalized spacial score (nSPS) is 25.3. The van der Waals surface area contributed by atoms with Crippen LogP contribution in [-0.4, -0.2) is 82.8 Å². The lowest BCUT2D eigenvalue weighted by atomic mass is 9.85. The van der Waals surface area contributed by atoms with E-state index in [4.69, 9.17) is 16.4 Å². The van der Waals surface area contributed by atoms with Crippen molar-refractivity contribution in [1.29, 1.82) is 0 Å². The summed E-state index contributed by atoms with van der Waals surface area (Å²) < 4.78 is 13.9. The van der Waals surface area contributed by atoms with Gasteiger partial charge in [0, 0.05) is 24.8 Å². The molecular formula is C35H47ClFN5O6. The van der Waals surface area contributed by atoms with E-state index in [1.54, 1.807) is 6.92 Å². The highest BCUT2D eigenvalue weighted by Crippen LogP contribution is 2.41. The number of ketones is 2. The number of carbonyl (C=O) groups excluding carboxylic acids is 5. The zero-order chi connectivity index (χ0) is 35.0. The van der Waals surface area contributed by atoms with Crippen LogP contribution in [0.2, 0.25) is 5.02 Å². The smallest absolute Gasteiger partial charge is 0.246 e. The lowest BCUT2D eigenvalue weighted by molar-refractivity contribution is -0.144. The van der Waals surface area contributed by atoms with E-state index in [1.807, 2.05) is 20.8 Å². The van der Waals surface area contributed by atoms with Crippen molar-refractivity contribution in [3.8, 4) is 0 Å². The van der Waals surface area contributed by atoms with E-state index in [2.05, 4.69) is 21.1 Å². The molecule has 5 rings (SSSR count). The summed E-state index contributed by atoms with van der Waals surface area (Å²) in [5, 5.41) is 12.9. The first-order valence-corrected chi connectivity index (χ1v) is 17.4. The maximum atomic E-state index is 14.5. The number of hydrogen-bond donors (Lipinski definition) is 3. The molecule has 1 aromatic carbocycles. The lowest BCUT2D eigenvalue weighted by Crippen LogP contribution is -2.60. The molecule has 48 heavy (non-hydrogen) atoms. The van der Waals surface area contributed by atoms with Gasteiger partial charge in [-0.15, -0.1) is 0 Å². The van der Waals surface area contributed by atoms with Crippen LogP contribution >= 0.6 is 11.6 Å². The number of oxime groups is 1. The third-order valence-corrected chi connectivity index (χ3v) is 10.7. The number of likely N-dealkylation sites (tertiary alicyclic amines) is 1. The third kappa shape index (κ3) is 7.01. The molecule has 2 aliphatic carbocycles. The van der Waals surface area contributed by atoms with Gasteiger partial charge in [0.05, 0.1) is 23.3 Å². The molecule has 0 bridgehead atoms. The average molecular weight is 688 g/mol. The van der Waals surface area contributed by atoms with Gasteiger partial charge in [0.15, 0.2) is 11.1 Å². The summed E-state index contributed by atoms with van der Waals surface area (Å²) in [7, 11) is 1.50. The van der Waals surface area contributed by atoms with Gasteiger partial charge in [-0.3, -0.25) is 29.3 Å². The summed E-state index contributed by atoms with van der Waals surface area (Å²) >= 11 is 6.03. The number of benzene rings is 1. The number of rotatable bonds is 10. The van der Waals surface area contributed by atoms with Gasteiger partial charge in [0.1, 0.15) is 17.9 Å². The Kier molecular flexibility index (Phi) is 10.4. The standard InChI is InChI=1S/C35H47ClFN5O6/c1-6-26(35(38-5)29(44)30(35)45)39-31(46)25-18-34(17-24(41-48-34)21-13-14-23(37)22(36)16-21)19-42(25)32(47)28(33(2,3)4)40-27(43)15-20-11-9-7-8-10-12-20/h13-14,16,20,25-26,28,38H,6-12,15,17-19H2,1-5H3,(H,39,46)(H,40,43)/t25-,26-,28+,34?/m0/s1. The predicted molar refractivity (Wildman–Crippen MR) is 178 cm³/mol. The molecule has 0 radical (unpaired) electrons. The molecule has 1 unspecified atom stereocenters. The van der Waals surface area contributed by atoms with Gasteiger partial charge < -0.3 is 20.4 Å². The summed E-state index contributed by atoms with van der Waals surface area (Å²) in [5.41, 5.74) is -2.25. The van der Waals surface area contributed by atoms with Crippen molar-refractivity contribution in [2.75, 3.05) is 13.6 Å². The third-order valence-electron chi connectivity index (χ3n) is 10.4. The molecule has 2 aliphatic heterocycles. The fourth-order valence-electron chi connectivity index (χ4n) is 7.58. The van der Waals surface area contributed by atoms with Crippen LogP contribution in [0.5, 0.6) is 0 Å². The second-order valence-corrected chi connectivity index (χ2v) is 15.3. The summed E-state index contributed by atoms with van der Waals surface area (Å²) in [6.07, 6.45) is 7.36. The molecule has 3 fully saturated rings. The minimum Gasteiger partial charge on any atom is -0.387 e. The first-order chi connectivity index (χ1) is 22.7. The summed E-state index contributed by atoms with van der Waals surface area (Å²) in [6.45, 7) is 7.34. The average Bonchev–Trinajstić information content (AvgIpc) is 3.27. The van der Waals surface area contributed by atoms with Crippen molar-refractivity contribution < 1.29 is 33.2 Å². The molecule has 13 heteroatoms. The topological polar surface area (TPSA) is 146 Å². The minimum absolute atomic E-state index is 0.0112. The summed E-state index contributed by atoms with van der Waals surface area (Å²) in [6, 6.07) is 1.39. The Bertz CT molecular complexity index is 1490. The van der Waals surface area contributed by atoms with Crippen molar-refractivity contribution >= 4 is 46.6 Å². The fraction of sp³-hybridized carbons (Fsp3) is 0.657. The molecule has 11 nitrogen and oxygen atoms in total. The Morgan fingerprint density at radius 2 is 1.77 bits per heavy atom. The fourth-order valence-corrected chi connectivity index (χ4v) is 7.76. The van der Waals surface area contributed by atoms with Gasteiger partial charge in [-0.25, -0.2) is 4.39 Å². The SMILES string of the molecule is CC[C@H](NC(=O)[C@@H]1CC2(CC(c3ccc(F)c(Cl)c3)=NO2)CN1C(=O)[C@@H](NC(=O)CC1CCCCCC1)C(C)(C)C)C1(NC)C(=O)C1=O. The second kappa shape index (κ2) is 13.9. The number of amides is 3.